The average Bonchev–Trinajstić information content (AvgIpc) is 3.18. The van der Waals surface area contributed by atoms with Crippen molar-refractivity contribution >= 4 is 11.9 Å². The highest BCUT2D eigenvalue weighted by atomic mass is 16.5. The Hall–Kier alpha value is -2.93. The number of rotatable bonds is 5. The Morgan fingerprint density at radius 3 is 2.70 bits per heavy atom. The predicted molar refractivity (Wildman–Crippen MR) is 83.6 cm³/mol. The molecule has 0 fully saturated rings. The number of ether oxygens (including phenoxy) is 1. The summed E-state index contributed by atoms with van der Waals surface area (Å²) in [5, 5.41) is 9.32. The van der Waals surface area contributed by atoms with Crippen LogP contribution in [0.2, 0.25) is 0 Å². The molecule has 0 unspecified atom stereocenters. The van der Waals surface area contributed by atoms with Crippen LogP contribution < -0.4 is 5.32 Å². The Kier molecular flexibility index (Phi) is 4.20. The van der Waals surface area contributed by atoms with Crippen molar-refractivity contribution < 1.29 is 13.9 Å². The summed E-state index contributed by atoms with van der Waals surface area (Å²) < 4.78 is 10.7. The van der Waals surface area contributed by atoms with Gasteiger partial charge in [0, 0.05) is 7.11 Å². The van der Waals surface area contributed by atoms with Crippen LogP contribution in [0.25, 0.3) is 11.6 Å². The summed E-state index contributed by atoms with van der Waals surface area (Å²) in [6.45, 7) is 1.84. The van der Waals surface area contributed by atoms with E-state index in [1.54, 1.807) is 6.07 Å². The summed E-state index contributed by atoms with van der Waals surface area (Å²) in [6, 6.07) is 12.8. The molecule has 0 spiro atoms. The van der Waals surface area contributed by atoms with Crippen LogP contribution in [-0.4, -0.2) is 28.2 Å². The van der Waals surface area contributed by atoms with Gasteiger partial charge in [-0.25, -0.2) is 0 Å². The smallest absolute Gasteiger partial charge is 0.260 e. The number of methoxy groups -OCH3 is 1. The van der Waals surface area contributed by atoms with Crippen molar-refractivity contribution in [2.75, 3.05) is 12.4 Å². The summed E-state index contributed by atoms with van der Waals surface area (Å²) in [5.41, 5.74) is 0.755. The topological polar surface area (TPSA) is 93.0 Å². The normalized spacial score (nSPS) is 12.1. The van der Waals surface area contributed by atoms with E-state index in [1.807, 2.05) is 43.3 Å². The number of furan rings is 1. The fraction of sp³-hybridized carbons (Fsp3) is 0.188. The zero-order chi connectivity index (χ0) is 16.2. The average molecular weight is 312 g/mol. The van der Waals surface area contributed by atoms with Gasteiger partial charge in [0.25, 0.3) is 5.91 Å². The van der Waals surface area contributed by atoms with Crippen molar-refractivity contribution in [1.82, 2.24) is 15.2 Å². The molecule has 3 rings (SSSR count). The molecular weight excluding hydrogens is 296 g/mol. The van der Waals surface area contributed by atoms with Crippen LogP contribution in [0.4, 0.5) is 5.95 Å². The number of aromatic amines is 1. The van der Waals surface area contributed by atoms with Crippen LogP contribution in [0, 0.1) is 6.92 Å². The van der Waals surface area contributed by atoms with Gasteiger partial charge in [-0.1, -0.05) is 30.3 Å². The van der Waals surface area contributed by atoms with Gasteiger partial charge in [-0.2, -0.15) is 4.98 Å². The van der Waals surface area contributed by atoms with Crippen molar-refractivity contribution in [3.8, 4) is 11.6 Å². The molecule has 7 nitrogen and oxygen atoms in total. The van der Waals surface area contributed by atoms with Crippen molar-refractivity contribution in [3.63, 3.8) is 0 Å². The monoisotopic (exact) mass is 312 g/mol. The van der Waals surface area contributed by atoms with Gasteiger partial charge in [-0.3, -0.25) is 15.2 Å². The lowest BCUT2D eigenvalue weighted by Crippen LogP contribution is -2.23. The van der Waals surface area contributed by atoms with Gasteiger partial charge in [0.05, 0.1) is 0 Å². The summed E-state index contributed by atoms with van der Waals surface area (Å²) >= 11 is 0. The van der Waals surface area contributed by atoms with Gasteiger partial charge in [-0.15, -0.1) is 5.10 Å². The molecule has 2 heterocycles. The minimum atomic E-state index is -0.732. The van der Waals surface area contributed by atoms with Crippen molar-refractivity contribution in [2.24, 2.45) is 0 Å². The summed E-state index contributed by atoms with van der Waals surface area (Å²) in [7, 11) is 1.48. The highest BCUT2D eigenvalue weighted by Gasteiger charge is 2.21. The summed E-state index contributed by atoms with van der Waals surface area (Å²) in [6.07, 6.45) is -0.732. The maximum Gasteiger partial charge on any atom is 0.260 e. The molecule has 1 aromatic carbocycles. The lowest BCUT2D eigenvalue weighted by molar-refractivity contribution is -0.126. The third-order valence-electron chi connectivity index (χ3n) is 3.27. The molecule has 7 heteroatoms. The van der Waals surface area contributed by atoms with Gasteiger partial charge in [-0.05, 0) is 24.6 Å². The fourth-order valence-electron chi connectivity index (χ4n) is 2.19. The number of nitrogens with zero attached hydrogens (tertiary/aromatic N) is 2. The zero-order valence-corrected chi connectivity index (χ0v) is 12.7. The third kappa shape index (κ3) is 3.29. The molecule has 3 aromatic rings. The van der Waals surface area contributed by atoms with Crippen molar-refractivity contribution in [2.45, 2.75) is 13.0 Å². The number of aromatic nitrogens is 3. The molecule has 1 atom stereocenters. The van der Waals surface area contributed by atoms with Crippen molar-refractivity contribution in [1.29, 1.82) is 0 Å². The number of hydrogen-bond donors (Lipinski definition) is 2. The van der Waals surface area contributed by atoms with Gasteiger partial charge in [0.2, 0.25) is 5.95 Å². The molecule has 0 aliphatic rings. The first-order chi connectivity index (χ1) is 11.2. The molecule has 1 amide bonds. The first-order valence-corrected chi connectivity index (χ1v) is 7.05. The second kappa shape index (κ2) is 6.45. The quantitative estimate of drug-likeness (QED) is 0.755. The van der Waals surface area contributed by atoms with E-state index in [2.05, 4.69) is 20.5 Å². The second-order valence-electron chi connectivity index (χ2n) is 4.93. The predicted octanol–water partition coefficient (Wildman–Crippen LogP) is 2.70. The lowest BCUT2D eigenvalue weighted by atomic mass is 10.1. The number of benzene rings is 1. The second-order valence-corrected chi connectivity index (χ2v) is 4.93. The molecule has 0 aliphatic carbocycles. The Labute approximate surface area is 132 Å². The molecule has 0 radical (unpaired) electrons. The van der Waals surface area contributed by atoms with Gasteiger partial charge in [0.1, 0.15) is 5.76 Å². The summed E-state index contributed by atoms with van der Waals surface area (Å²) in [4.78, 5) is 16.5. The molecule has 118 valence electrons. The largest absolute Gasteiger partial charge is 0.458 e. The lowest BCUT2D eigenvalue weighted by Gasteiger charge is -2.13. The molecule has 23 heavy (non-hydrogen) atoms. The Morgan fingerprint density at radius 1 is 1.26 bits per heavy atom. The van der Waals surface area contributed by atoms with E-state index in [0.29, 0.717) is 11.6 Å². The standard InChI is InChI=1S/C16H16N4O3/c1-10-8-9-12(23-10)14-17-16(20-19-14)18-15(21)13(22-2)11-6-4-3-5-7-11/h3-9,13H,1-2H3,(H2,17,18,19,20,21)/t13-/m1/s1. The molecule has 0 bridgehead atoms. The van der Waals surface area contributed by atoms with Crippen LogP contribution in [0.15, 0.2) is 46.9 Å². The number of aryl methyl sites for hydroxylation is 1. The molecule has 0 saturated carbocycles. The molecular formula is C16H16N4O3. The van der Waals surface area contributed by atoms with Crippen molar-refractivity contribution in [3.05, 3.63) is 53.8 Å². The minimum absolute atomic E-state index is 0.164. The van der Waals surface area contributed by atoms with Crippen LogP contribution in [0.3, 0.4) is 0 Å². The Bertz CT molecular complexity index is 795. The molecule has 2 N–H and O–H groups in total. The van der Waals surface area contributed by atoms with E-state index in [0.717, 1.165) is 11.3 Å². The number of carbonyl (C=O) groups excluding carboxylic acids is 1. The zero-order valence-electron chi connectivity index (χ0n) is 12.7. The number of nitrogens with one attached hydrogen (secondary N) is 2. The number of anilines is 1. The van der Waals surface area contributed by atoms with E-state index >= 15 is 0 Å². The van der Waals surface area contributed by atoms with E-state index in [1.165, 1.54) is 7.11 Å². The van der Waals surface area contributed by atoms with E-state index in [-0.39, 0.29) is 11.9 Å². The van der Waals surface area contributed by atoms with E-state index in [9.17, 15) is 4.79 Å². The highest BCUT2D eigenvalue weighted by Crippen LogP contribution is 2.20. The number of hydrogen-bond acceptors (Lipinski definition) is 5. The molecule has 0 aliphatic heterocycles. The van der Waals surface area contributed by atoms with E-state index < -0.39 is 6.10 Å². The maximum atomic E-state index is 12.3. The molecule has 0 saturated heterocycles. The maximum absolute atomic E-state index is 12.3. The van der Waals surface area contributed by atoms with Crippen LogP contribution in [0.1, 0.15) is 17.4 Å². The number of carbonyl (C=O) groups is 1. The van der Waals surface area contributed by atoms with E-state index in [4.69, 9.17) is 9.15 Å². The molecule has 2 aromatic heterocycles. The SMILES string of the molecule is CO[C@@H](C(=O)Nc1n[nH]c(-c2ccc(C)o2)n1)c1ccccc1. The Morgan fingerprint density at radius 2 is 2.04 bits per heavy atom. The van der Waals surface area contributed by atoms with Crippen LogP contribution in [0.5, 0.6) is 0 Å². The number of H-pyrrole nitrogens is 1. The van der Waals surface area contributed by atoms with Crippen LogP contribution >= 0.6 is 0 Å². The first kappa shape index (κ1) is 15.0. The Balaban J connectivity index is 1.74. The minimum Gasteiger partial charge on any atom is -0.458 e. The van der Waals surface area contributed by atoms with Gasteiger partial charge >= 0.3 is 0 Å². The third-order valence-corrected chi connectivity index (χ3v) is 3.27. The summed E-state index contributed by atoms with van der Waals surface area (Å²) in [5.74, 6) is 1.59. The first-order valence-electron chi connectivity index (χ1n) is 7.05. The number of amides is 1. The van der Waals surface area contributed by atoms with Crippen LogP contribution in [-0.2, 0) is 9.53 Å². The fourth-order valence-corrected chi connectivity index (χ4v) is 2.19. The highest BCUT2D eigenvalue weighted by molar-refractivity contribution is 5.93. The van der Waals surface area contributed by atoms with Gasteiger partial charge in [0.15, 0.2) is 17.7 Å². The van der Waals surface area contributed by atoms with Gasteiger partial charge < -0.3 is 9.15 Å².